The van der Waals surface area contributed by atoms with Gasteiger partial charge in [0.15, 0.2) is 22.4 Å². The number of hydrogen-bond donors (Lipinski definition) is 0. The van der Waals surface area contributed by atoms with Crippen LogP contribution >= 0.6 is 11.8 Å². The smallest absolute Gasteiger partial charge is 0.200 e. The first-order valence-corrected chi connectivity index (χ1v) is 12.5. The molecule has 32 heavy (non-hydrogen) atoms. The standard InChI is InChI=1S/C25H31N3O3S/c1-16(20-14-18-6-8-19(20)13-18)28-24(22-5-4-11-31-22)26-27-25(28)32-12-10-17-7-9-21(29-2)23(15-17)30-3/h4-5,7,9,11,15-16,18-20H,6,8,10,12-14H2,1-3H3. The molecular formula is C25H31N3O3S. The highest BCUT2D eigenvalue weighted by molar-refractivity contribution is 7.99. The van der Waals surface area contributed by atoms with E-state index in [0.717, 1.165) is 52.2 Å². The Morgan fingerprint density at radius 1 is 1.12 bits per heavy atom. The Balaban J connectivity index is 1.35. The van der Waals surface area contributed by atoms with E-state index in [1.165, 1.54) is 31.2 Å². The number of fused-ring (bicyclic) bond motifs is 2. The van der Waals surface area contributed by atoms with Gasteiger partial charge in [-0.25, -0.2) is 0 Å². The number of benzene rings is 1. The van der Waals surface area contributed by atoms with Gasteiger partial charge in [0.25, 0.3) is 0 Å². The van der Waals surface area contributed by atoms with Crippen molar-refractivity contribution in [3.05, 3.63) is 42.2 Å². The van der Waals surface area contributed by atoms with Crippen LogP contribution in [0.25, 0.3) is 11.6 Å². The van der Waals surface area contributed by atoms with E-state index in [9.17, 15) is 0 Å². The van der Waals surface area contributed by atoms with Crippen molar-refractivity contribution in [1.82, 2.24) is 14.8 Å². The van der Waals surface area contributed by atoms with Crippen molar-refractivity contribution >= 4 is 11.8 Å². The first kappa shape index (κ1) is 21.4. The minimum Gasteiger partial charge on any atom is -0.493 e. The zero-order valence-electron chi connectivity index (χ0n) is 19.0. The van der Waals surface area contributed by atoms with E-state index >= 15 is 0 Å². The number of nitrogens with zero attached hydrogens (tertiary/aromatic N) is 3. The van der Waals surface area contributed by atoms with E-state index in [1.807, 2.05) is 18.2 Å². The lowest BCUT2D eigenvalue weighted by Crippen LogP contribution is -2.23. The van der Waals surface area contributed by atoms with Gasteiger partial charge in [-0.15, -0.1) is 10.2 Å². The minimum absolute atomic E-state index is 0.365. The second-order valence-corrected chi connectivity index (χ2v) is 10.1. The topological polar surface area (TPSA) is 62.3 Å². The van der Waals surface area contributed by atoms with Gasteiger partial charge in [0.1, 0.15) is 0 Å². The van der Waals surface area contributed by atoms with Gasteiger partial charge < -0.3 is 13.9 Å². The monoisotopic (exact) mass is 453 g/mol. The van der Waals surface area contributed by atoms with Crippen molar-refractivity contribution in [2.24, 2.45) is 17.8 Å². The molecule has 2 aliphatic carbocycles. The van der Waals surface area contributed by atoms with Gasteiger partial charge in [-0.3, -0.25) is 4.57 Å². The summed E-state index contributed by atoms with van der Waals surface area (Å²) in [5, 5.41) is 10.1. The summed E-state index contributed by atoms with van der Waals surface area (Å²) < 4.78 is 18.9. The summed E-state index contributed by atoms with van der Waals surface area (Å²) in [6.45, 7) is 2.35. The predicted molar refractivity (Wildman–Crippen MR) is 125 cm³/mol. The predicted octanol–water partition coefficient (Wildman–Crippen LogP) is 5.89. The zero-order valence-corrected chi connectivity index (χ0v) is 19.8. The third-order valence-corrected chi connectivity index (χ3v) is 8.24. The molecule has 2 saturated carbocycles. The molecule has 4 atom stereocenters. The first-order chi connectivity index (χ1) is 15.7. The highest BCUT2D eigenvalue weighted by Gasteiger charge is 2.43. The van der Waals surface area contributed by atoms with Gasteiger partial charge >= 0.3 is 0 Å². The number of methoxy groups -OCH3 is 2. The molecule has 0 N–H and O–H groups in total. The highest BCUT2D eigenvalue weighted by Crippen LogP contribution is 2.53. The Hall–Kier alpha value is -2.41. The van der Waals surface area contributed by atoms with Gasteiger partial charge in [0, 0.05) is 11.8 Å². The average Bonchev–Trinajstić information content (AvgIpc) is 3.62. The molecular weight excluding hydrogens is 422 g/mol. The SMILES string of the molecule is COc1ccc(CCSc2nnc(-c3ccco3)n2C(C)C2CC3CCC2C3)cc1OC. The van der Waals surface area contributed by atoms with Crippen LogP contribution in [-0.4, -0.2) is 34.7 Å². The van der Waals surface area contributed by atoms with Crippen LogP contribution in [0.1, 0.15) is 44.2 Å². The summed E-state index contributed by atoms with van der Waals surface area (Å²) in [6, 6.07) is 10.4. The molecule has 0 saturated heterocycles. The molecule has 7 heteroatoms. The molecule has 2 heterocycles. The van der Waals surface area contributed by atoms with E-state index in [4.69, 9.17) is 13.9 Å². The Bertz CT molecular complexity index is 1050. The molecule has 2 fully saturated rings. The third-order valence-electron chi connectivity index (χ3n) is 7.30. The Labute approximate surface area is 193 Å². The quantitative estimate of drug-likeness (QED) is 0.377. The maximum atomic E-state index is 5.71. The fourth-order valence-electron chi connectivity index (χ4n) is 5.69. The second-order valence-electron chi connectivity index (χ2n) is 9.02. The van der Waals surface area contributed by atoms with E-state index in [0.29, 0.717) is 12.0 Å². The molecule has 0 aliphatic heterocycles. The summed E-state index contributed by atoms with van der Waals surface area (Å²) in [5.74, 6) is 6.52. The van der Waals surface area contributed by atoms with E-state index in [2.05, 4.69) is 33.8 Å². The Kier molecular flexibility index (Phi) is 6.17. The number of aromatic nitrogens is 3. The summed E-state index contributed by atoms with van der Waals surface area (Å²) in [4.78, 5) is 0. The van der Waals surface area contributed by atoms with Gasteiger partial charge in [0.05, 0.1) is 20.5 Å². The van der Waals surface area contributed by atoms with Crippen LogP contribution in [0.2, 0.25) is 0 Å². The molecule has 170 valence electrons. The molecule has 2 bridgehead atoms. The number of hydrogen-bond acceptors (Lipinski definition) is 6. The zero-order chi connectivity index (χ0) is 22.1. The van der Waals surface area contributed by atoms with Crippen molar-refractivity contribution in [3.8, 4) is 23.1 Å². The van der Waals surface area contributed by atoms with E-state index < -0.39 is 0 Å². The molecule has 0 amide bonds. The molecule has 5 rings (SSSR count). The summed E-state index contributed by atoms with van der Waals surface area (Å²) in [7, 11) is 3.33. The van der Waals surface area contributed by atoms with Crippen LogP contribution in [0, 0.1) is 17.8 Å². The highest BCUT2D eigenvalue weighted by atomic mass is 32.2. The van der Waals surface area contributed by atoms with Crippen LogP contribution in [-0.2, 0) is 6.42 Å². The lowest BCUT2D eigenvalue weighted by molar-refractivity contribution is 0.235. The summed E-state index contributed by atoms with van der Waals surface area (Å²) in [6.07, 6.45) is 8.14. The number of ether oxygens (including phenoxy) is 2. The maximum absolute atomic E-state index is 5.71. The molecule has 6 nitrogen and oxygen atoms in total. The molecule has 2 aliphatic rings. The van der Waals surface area contributed by atoms with Gasteiger partial charge in [-0.05, 0) is 80.2 Å². The van der Waals surface area contributed by atoms with Crippen LogP contribution < -0.4 is 9.47 Å². The van der Waals surface area contributed by atoms with E-state index in [-0.39, 0.29) is 0 Å². The molecule has 3 aromatic rings. The lowest BCUT2D eigenvalue weighted by Gasteiger charge is -2.30. The first-order valence-electron chi connectivity index (χ1n) is 11.5. The van der Waals surface area contributed by atoms with Crippen LogP contribution in [0.15, 0.2) is 46.2 Å². The van der Waals surface area contributed by atoms with Crippen molar-refractivity contribution in [2.75, 3.05) is 20.0 Å². The van der Waals surface area contributed by atoms with Crippen LogP contribution in [0.4, 0.5) is 0 Å². The third kappa shape index (κ3) is 4.03. The van der Waals surface area contributed by atoms with Gasteiger partial charge in [-0.1, -0.05) is 24.2 Å². The molecule has 4 unspecified atom stereocenters. The van der Waals surface area contributed by atoms with Crippen LogP contribution in [0.3, 0.4) is 0 Å². The summed E-state index contributed by atoms with van der Waals surface area (Å²) in [5.41, 5.74) is 1.22. The van der Waals surface area contributed by atoms with Crippen molar-refractivity contribution in [2.45, 2.75) is 50.2 Å². The van der Waals surface area contributed by atoms with Crippen LogP contribution in [0.5, 0.6) is 11.5 Å². The number of thioether (sulfide) groups is 1. The summed E-state index contributed by atoms with van der Waals surface area (Å²) >= 11 is 1.77. The Morgan fingerprint density at radius 2 is 2.00 bits per heavy atom. The van der Waals surface area contributed by atoms with Gasteiger partial charge in [0.2, 0.25) is 5.82 Å². The van der Waals surface area contributed by atoms with E-state index in [1.54, 1.807) is 32.2 Å². The fraction of sp³-hybridized carbons (Fsp3) is 0.520. The molecule has 0 spiro atoms. The molecule has 2 aromatic heterocycles. The normalized spacial score (nSPS) is 22.9. The second kappa shape index (κ2) is 9.22. The minimum atomic E-state index is 0.365. The van der Waals surface area contributed by atoms with Crippen molar-refractivity contribution in [1.29, 1.82) is 0 Å². The van der Waals surface area contributed by atoms with Crippen molar-refractivity contribution < 1.29 is 13.9 Å². The number of furan rings is 1. The van der Waals surface area contributed by atoms with Gasteiger partial charge in [-0.2, -0.15) is 0 Å². The molecule has 0 radical (unpaired) electrons. The number of aryl methyl sites for hydroxylation is 1. The maximum Gasteiger partial charge on any atom is 0.200 e. The number of rotatable bonds is 9. The largest absolute Gasteiger partial charge is 0.493 e. The lowest BCUT2D eigenvalue weighted by atomic mass is 9.84. The fourth-order valence-corrected chi connectivity index (χ4v) is 6.70. The van der Waals surface area contributed by atoms with Crippen molar-refractivity contribution in [3.63, 3.8) is 0 Å². The Morgan fingerprint density at radius 3 is 2.69 bits per heavy atom. The molecule has 1 aromatic carbocycles. The average molecular weight is 454 g/mol.